The summed E-state index contributed by atoms with van der Waals surface area (Å²) in [5, 5.41) is 11.3. The molecular formula is C12H20N4O2. The van der Waals surface area contributed by atoms with E-state index in [0.29, 0.717) is 12.4 Å². The zero-order chi connectivity index (χ0) is 13.8. The molecule has 6 heteroatoms. The van der Waals surface area contributed by atoms with Crippen molar-refractivity contribution in [2.75, 3.05) is 13.1 Å². The lowest BCUT2D eigenvalue weighted by Crippen LogP contribution is -2.40. The smallest absolute Gasteiger partial charge is 0.407 e. The van der Waals surface area contributed by atoms with Crippen molar-refractivity contribution in [3.05, 3.63) is 11.9 Å². The molecule has 0 aromatic rings. The van der Waals surface area contributed by atoms with E-state index in [-0.39, 0.29) is 6.04 Å². The second-order valence-electron chi connectivity index (χ2n) is 5.28. The first-order chi connectivity index (χ1) is 8.31. The number of alkyl carbamates (subject to hydrolysis) is 1. The third-order valence-corrected chi connectivity index (χ3v) is 2.49. The van der Waals surface area contributed by atoms with Gasteiger partial charge in [-0.05, 0) is 27.2 Å². The van der Waals surface area contributed by atoms with Crippen LogP contribution in [0, 0.1) is 11.3 Å². The van der Waals surface area contributed by atoms with Gasteiger partial charge in [-0.25, -0.2) is 4.79 Å². The van der Waals surface area contributed by atoms with Gasteiger partial charge in [-0.2, -0.15) is 5.26 Å². The average molecular weight is 252 g/mol. The summed E-state index contributed by atoms with van der Waals surface area (Å²) >= 11 is 0. The van der Waals surface area contributed by atoms with Gasteiger partial charge in [0.2, 0.25) is 0 Å². The van der Waals surface area contributed by atoms with E-state index in [1.807, 2.05) is 31.7 Å². The Morgan fingerprint density at radius 2 is 2.28 bits per heavy atom. The number of nitrogens with zero attached hydrogens (tertiary/aromatic N) is 2. The molecule has 1 fully saturated rings. The first-order valence-electron chi connectivity index (χ1n) is 5.91. The maximum absolute atomic E-state index is 11.6. The average Bonchev–Trinajstić information content (AvgIpc) is 2.63. The highest BCUT2D eigenvalue weighted by atomic mass is 16.6. The summed E-state index contributed by atoms with van der Waals surface area (Å²) in [6.07, 6.45) is 1.67. The van der Waals surface area contributed by atoms with Gasteiger partial charge < -0.3 is 20.7 Å². The minimum absolute atomic E-state index is 0.00509. The molecule has 0 saturated carbocycles. The molecule has 1 rings (SSSR count). The van der Waals surface area contributed by atoms with Crippen molar-refractivity contribution < 1.29 is 9.53 Å². The zero-order valence-electron chi connectivity index (χ0n) is 11.1. The number of nitrogens with two attached hydrogens (primary N) is 1. The van der Waals surface area contributed by atoms with E-state index in [4.69, 9.17) is 15.7 Å². The van der Waals surface area contributed by atoms with Crippen LogP contribution in [0.4, 0.5) is 4.79 Å². The number of carbonyl (C=O) groups is 1. The SMILES string of the molecule is CC(C)(C)OC(=O)NC1CCN(/C(N)=C/C#N)C1. The number of amides is 1. The minimum atomic E-state index is -0.498. The normalized spacial score (nSPS) is 20.4. The summed E-state index contributed by atoms with van der Waals surface area (Å²) in [7, 11) is 0. The van der Waals surface area contributed by atoms with Gasteiger partial charge >= 0.3 is 6.09 Å². The van der Waals surface area contributed by atoms with Gasteiger partial charge in [0.1, 0.15) is 11.4 Å². The summed E-state index contributed by atoms with van der Waals surface area (Å²) in [5.74, 6) is 0.436. The Kier molecular flexibility index (Phi) is 4.43. The molecule has 1 saturated heterocycles. The van der Waals surface area contributed by atoms with Crippen LogP contribution >= 0.6 is 0 Å². The predicted octanol–water partition coefficient (Wildman–Crippen LogP) is 0.909. The highest BCUT2D eigenvalue weighted by Gasteiger charge is 2.26. The van der Waals surface area contributed by atoms with E-state index >= 15 is 0 Å². The standard InChI is InChI=1S/C12H20N4O2/c1-12(2,3)18-11(17)15-9-5-7-16(8-9)10(14)4-6-13/h4,9H,5,7-8,14H2,1-3H3,(H,15,17)/b10-4+. The Bertz CT molecular complexity index is 379. The summed E-state index contributed by atoms with van der Waals surface area (Å²) in [5.41, 5.74) is 5.21. The first-order valence-corrected chi connectivity index (χ1v) is 5.91. The number of likely N-dealkylation sites (tertiary alicyclic amines) is 1. The quantitative estimate of drug-likeness (QED) is 0.713. The predicted molar refractivity (Wildman–Crippen MR) is 67.2 cm³/mol. The van der Waals surface area contributed by atoms with Crippen molar-refractivity contribution >= 4 is 6.09 Å². The van der Waals surface area contributed by atoms with Gasteiger partial charge in [0.15, 0.2) is 0 Å². The molecule has 1 amide bonds. The number of allylic oxidation sites excluding steroid dienone is 1. The van der Waals surface area contributed by atoms with Crippen molar-refractivity contribution in [3.63, 3.8) is 0 Å². The van der Waals surface area contributed by atoms with E-state index in [9.17, 15) is 4.79 Å². The summed E-state index contributed by atoms with van der Waals surface area (Å²) in [4.78, 5) is 13.4. The Labute approximate surface area is 107 Å². The molecule has 0 spiro atoms. The molecule has 1 aliphatic rings. The molecule has 100 valence electrons. The van der Waals surface area contributed by atoms with E-state index in [1.54, 1.807) is 0 Å². The number of carbonyl (C=O) groups excluding carboxylic acids is 1. The third kappa shape index (κ3) is 4.53. The molecule has 1 heterocycles. The first kappa shape index (κ1) is 14.2. The second-order valence-corrected chi connectivity index (χ2v) is 5.28. The molecular weight excluding hydrogens is 232 g/mol. The second kappa shape index (κ2) is 5.63. The molecule has 18 heavy (non-hydrogen) atoms. The lowest BCUT2D eigenvalue weighted by atomic mass is 10.2. The highest BCUT2D eigenvalue weighted by molar-refractivity contribution is 5.68. The van der Waals surface area contributed by atoms with Crippen LogP contribution in [0.2, 0.25) is 0 Å². The highest BCUT2D eigenvalue weighted by Crippen LogP contribution is 2.13. The number of rotatable bonds is 2. The molecule has 3 N–H and O–H groups in total. The van der Waals surface area contributed by atoms with Gasteiger partial charge in [0.25, 0.3) is 0 Å². The molecule has 1 unspecified atom stereocenters. The number of hydrogen-bond acceptors (Lipinski definition) is 5. The topological polar surface area (TPSA) is 91.4 Å². The lowest BCUT2D eigenvalue weighted by Gasteiger charge is -2.22. The van der Waals surface area contributed by atoms with Crippen LogP contribution in [0.1, 0.15) is 27.2 Å². The molecule has 6 nitrogen and oxygen atoms in total. The molecule has 0 radical (unpaired) electrons. The van der Waals surface area contributed by atoms with Crippen LogP contribution in [0.15, 0.2) is 11.9 Å². The van der Waals surface area contributed by atoms with Crippen molar-refractivity contribution in [2.24, 2.45) is 5.73 Å². The number of nitriles is 1. The van der Waals surface area contributed by atoms with Gasteiger partial charge in [0, 0.05) is 13.1 Å². The molecule has 0 bridgehead atoms. The van der Waals surface area contributed by atoms with Crippen LogP contribution in [0.5, 0.6) is 0 Å². The Hall–Kier alpha value is -1.90. The Morgan fingerprint density at radius 3 is 2.83 bits per heavy atom. The number of nitrogens with one attached hydrogen (secondary N) is 1. The van der Waals surface area contributed by atoms with Gasteiger partial charge in [0.05, 0.1) is 18.2 Å². The Morgan fingerprint density at radius 1 is 1.61 bits per heavy atom. The van der Waals surface area contributed by atoms with Crippen LogP contribution < -0.4 is 11.1 Å². The van der Waals surface area contributed by atoms with E-state index in [1.165, 1.54) is 6.08 Å². The van der Waals surface area contributed by atoms with Crippen molar-refractivity contribution in [2.45, 2.75) is 38.8 Å². The van der Waals surface area contributed by atoms with Crippen LogP contribution in [-0.4, -0.2) is 35.7 Å². The largest absolute Gasteiger partial charge is 0.444 e. The maximum atomic E-state index is 11.6. The van der Waals surface area contributed by atoms with E-state index < -0.39 is 11.7 Å². The third-order valence-electron chi connectivity index (χ3n) is 2.49. The van der Waals surface area contributed by atoms with E-state index in [2.05, 4.69) is 5.32 Å². The molecule has 0 aliphatic carbocycles. The van der Waals surface area contributed by atoms with Gasteiger partial charge in [-0.15, -0.1) is 0 Å². The van der Waals surface area contributed by atoms with Crippen LogP contribution in [0.25, 0.3) is 0 Å². The summed E-state index contributed by atoms with van der Waals surface area (Å²) in [6, 6.07) is 1.90. The van der Waals surface area contributed by atoms with Gasteiger partial charge in [-0.3, -0.25) is 0 Å². The fraction of sp³-hybridized carbons (Fsp3) is 0.667. The molecule has 0 aromatic heterocycles. The molecule has 1 aliphatic heterocycles. The summed E-state index contributed by atoms with van der Waals surface area (Å²) < 4.78 is 5.18. The lowest BCUT2D eigenvalue weighted by molar-refractivity contribution is 0.0506. The molecule has 0 aromatic carbocycles. The number of ether oxygens (including phenoxy) is 1. The summed E-state index contributed by atoms with van der Waals surface area (Å²) in [6.45, 7) is 6.79. The minimum Gasteiger partial charge on any atom is -0.444 e. The van der Waals surface area contributed by atoms with Crippen LogP contribution in [-0.2, 0) is 4.74 Å². The van der Waals surface area contributed by atoms with Crippen molar-refractivity contribution in [3.8, 4) is 6.07 Å². The van der Waals surface area contributed by atoms with Crippen molar-refractivity contribution in [1.29, 1.82) is 5.26 Å². The molecule has 1 atom stereocenters. The fourth-order valence-corrected chi connectivity index (χ4v) is 1.74. The van der Waals surface area contributed by atoms with Crippen LogP contribution in [0.3, 0.4) is 0 Å². The van der Waals surface area contributed by atoms with Crippen molar-refractivity contribution in [1.82, 2.24) is 10.2 Å². The fourth-order valence-electron chi connectivity index (χ4n) is 1.74. The number of hydrogen-bond donors (Lipinski definition) is 2. The Balaban J connectivity index is 2.42. The maximum Gasteiger partial charge on any atom is 0.407 e. The zero-order valence-corrected chi connectivity index (χ0v) is 11.1. The van der Waals surface area contributed by atoms with Gasteiger partial charge in [-0.1, -0.05) is 0 Å². The van der Waals surface area contributed by atoms with E-state index in [0.717, 1.165) is 13.0 Å². The monoisotopic (exact) mass is 252 g/mol.